The fourth-order valence-corrected chi connectivity index (χ4v) is 4.67. The van der Waals surface area contributed by atoms with Crippen molar-refractivity contribution in [2.24, 2.45) is 5.41 Å². The van der Waals surface area contributed by atoms with Gasteiger partial charge in [0, 0.05) is 18.5 Å². The van der Waals surface area contributed by atoms with Gasteiger partial charge in [-0.3, -0.25) is 9.59 Å². The molecule has 168 valence electrons. The maximum Gasteiger partial charge on any atom is 0.407 e. The fraction of sp³-hybridized carbons (Fsp3) is 0.400. The molecule has 1 fully saturated rings. The van der Waals surface area contributed by atoms with Crippen LogP contribution in [0.1, 0.15) is 49.7 Å². The van der Waals surface area contributed by atoms with Gasteiger partial charge in [-0.25, -0.2) is 4.79 Å². The van der Waals surface area contributed by atoms with Crippen LogP contribution < -0.4 is 10.6 Å². The highest BCUT2D eigenvalue weighted by molar-refractivity contribution is 5.85. The van der Waals surface area contributed by atoms with Crippen LogP contribution in [0.4, 0.5) is 4.79 Å². The Morgan fingerprint density at radius 2 is 1.66 bits per heavy atom. The van der Waals surface area contributed by atoms with Gasteiger partial charge in [-0.15, -0.1) is 0 Å². The Bertz CT molecular complexity index is 985. The van der Waals surface area contributed by atoms with E-state index in [1.165, 1.54) is 0 Å². The number of hydrogen-bond acceptors (Lipinski definition) is 4. The number of rotatable bonds is 8. The summed E-state index contributed by atoms with van der Waals surface area (Å²) < 4.78 is 5.56. The summed E-state index contributed by atoms with van der Waals surface area (Å²) in [5, 5.41) is 14.4. The van der Waals surface area contributed by atoms with Crippen molar-refractivity contribution in [2.75, 3.05) is 13.2 Å². The summed E-state index contributed by atoms with van der Waals surface area (Å²) in [6.45, 7) is 2.06. The van der Waals surface area contributed by atoms with Crippen LogP contribution in [0, 0.1) is 5.41 Å². The van der Waals surface area contributed by atoms with Crippen LogP contribution in [0.2, 0.25) is 0 Å². The third-order valence-corrected chi connectivity index (χ3v) is 6.57. The molecule has 0 aromatic heterocycles. The molecule has 7 heteroatoms. The van der Waals surface area contributed by atoms with Gasteiger partial charge in [0.15, 0.2) is 0 Å². The van der Waals surface area contributed by atoms with Crippen LogP contribution in [-0.4, -0.2) is 42.3 Å². The third-order valence-electron chi connectivity index (χ3n) is 6.57. The molecule has 2 aromatic rings. The van der Waals surface area contributed by atoms with Gasteiger partial charge < -0.3 is 20.5 Å². The second kappa shape index (κ2) is 9.02. The van der Waals surface area contributed by atoms with E-state index in [9.17, 15) is 14.4 Å². The second-order valence-corrected chi connectivity index (χ2v) is 8.79. The van der Waals surface area contributed by atoms with Gasteiger partial charge in [0.1, 0.15) is 6.61 Å². The van der Waals surface area contributed by atoms with Crippen molar-refractivity contribution in [1.29, 1.82) is 0 Å². The molecule has 0 aliphatic heterocycles. The van der Waals surface area contributed by atoms with Crippen LogP contribution in [-0.2, 0) is 14.3 Å². The molecule has 2 aliphatic carbocycles. The third kappa shape index (κ3) is 4.33. The van der Waals surface area contributed by atoms with E-state index in [2.05, 4.69) is 34.9 Å². The number of benzene rings is 2. The minimum atomic E-state index is -0.961. The molecule has 3 N–H and O–H groups in total. The summed E-state index contributed by atoms with van der Waals surface area (Å²) in [6, 6.07) is 15.8. The first-order chi connectivity index (χ1) is 15.4. The van der Waals surface area contributed by atoms with Crippen LogP contribution in [0.15, 0.2) is 48.5 Å². The lowest BCUT2D eigenvalue weighted by molar-refractivity contribution is -0.139. The molecule has 2 aromatic carbocycles. The van der Waals surface area contributed by atoms with Crippen LogP contribution in [0.25, 0.3) is 11.1 Å². The van der Waals surface area contributed by atoms with Crippen LogP contribution in [0.5, 0.6) is 0 Å². The summed E-state index contributed by atoms with van der Waals surface area (Å²) in [5.74, 6) is -1.19. The predicted molar refractivity (Wildman–Crippen MR) is 119 cm³/mol. The predicted octanol–water partition coefficient (Wildman–Crippen LogP) is 3.67. The lowest BCUT2D eigenvalue weighted by atomic mass is 9.68. The molecule has 1 atom stereocenters. The van der Waals surface area contributed by atoms with E-state index < -0.39 is 23.5 Å². The Labute approximate surface area is 187 Å². The lowest BCUT2D eigenvalue weighted by Crippen LogP contribution is -2.54. The average Bonchev–Trinajstić information content (AvgIpc) is 3.04. The molecule has 0 saturated heterocycles. The number of ether oxygens (including phenoxy) is 1. The molecule has 1 saturated carbocycles. The van der Waals surface area contributed by atoms with Gasteiger partial charge in [-0.1, -0.05) is 55.0 Å². The highest BCUT2D eigenvalue weighted by Crippen LogP contribution is 2.44. The van der Waals surface area contributed by atoms with Crippen molar-refractivity contribution in [1.82, 2.24) is 10.6 Å². The fourth-order valence-electron chi connectivity index (χ4n) is 4.67. The molecule has 2 aliphatic rings. The lowest BCUT2D eigenvalue weighted by Gasteiger charge is -2.40. The van der Waals surface area contributed by atoms with Crippen molar-refractivity contribution < 1.29 is 24.2 Å². The molecule has 2 amide bonds. The molecule has 32 heavy (non-hydrogen) atoms. The number of amides is 2. The molecule has 0 heterocycles. The maximum atomic E-state index is 12.7. The number of fused-ring (bicyclic) bond motifs is 3. The minimum Gasteiger partial charge on any atom is -0.481 e. The topological polar surface area (TPSA) is 105 Å². The van der Waals surface area contributed by atoms with Gasteiger partial charge in [0.25, 0.3) is 0 Å². The van der Waals surface area contributed by atoms with E-state index in [0.717, 1.165) is 28.7 Å². The van der Waals surface area contributed by atoms with Crippen LogP contribution >= 0.6 is 0 Å². The maximum absolute atomic E-state index is 12.7. The Hall–Kier alpha value is -3.35. The smallest absolute Gasteiger partial charge is 0.407 e. The number of nitrogens with one attached hydrogen (secondary N) is 2. The number of carboxylic acids is 1. The van der Waals surface area contributed by atoms with Crippen molar-refractivity contribution in [3.8, 4) is 11.1 Å². The first-order valence-electron chi connectivity index (χ1n) is 11.0. The largest absolute Gasteiger partial charge is 0.481 e. The summed E-state index contributed by atoms with van der Waals surface area (Å²) in [7, 11) is 0. The monoisotopic (exact) mass is 436 g/mol. The van der Waals surface area contributed by atoms with E-state index in [1.807, 2.05) is 24.3 Å². The van der Waals surface area contributed by atoms with E-state index in [-0.39, 0.29) is 31.4 Å². The number of alkyl carbamates (subject to hydrolysis) is 1. The van der Waals surface area contributed by atoms with E-state index in [4.69, 9.17) is 9.84 Å². The number of aliphatic carboxylic acids is 1. The van der Waals surface area contributed by atoms with Crippen LogP contribution in [0.3, 0.4) is 0 Å². The molecule has 1 unspecified atom stereocenters. The van der Waals surface area contributed by atoms with Gasteiger partial charge in [0.2, 0.25) is 5.91 Å². The minimum absolute atomic E-state index is 0.0222. The van der Waals surface area contributed by atoms with Gasteiger partial charge in [-0.2, -0.15) is 0 Å². The molecule has 0 spiro atoms. The first kappa shape index (κ1) is 21.9. The molecular formula is C25H28N2O5. The number of carbonyl (C=O) groups excluding carboxylic acids is 2. The second-order valence-electron chi connectivity index (χ2n) is 8.79. The molecule has 4 rings (SSSR count). The van der Waals surface area contributed by atoms with E-state index in [0.29, 0.717) is 12.8 Å². The Kier molecular flexibility index (Phi) is 6.17. The number of carbonyl (C=O) groups is 3. The van der Waals surface area contributed by atoms with Crippen molar-refractivity contribution in [3.05, 3.63) is 59.7 Å². The summed E-state index contributed by atoms with van der Waals surface area (Å²) >= 11 is 0. The standard InChI is InChI=1S/C25H28N2O5/c1-16(13-22(28)29)27-23(30)25(11-6-12-25)15-26-24(31)32-14-21-19-9-4-2-7-17(19)18-8-3-5-10-20(18)21/h2-5,7-10,16,21H,6,11-15H2,1H3,(H,26,31)(H,27,30)(H,28,29). The van der Waals surface area contributed by atoms with E-state index >= 15 is 0 Å². The van der Waals surface area contributed by atoms with Gasteiger partial charge in [0.05, 0.1) is 11.8 Å². The molecule has 7 nitrogen and oxygen atoms in total. The number of hydrogen-bond donors (Lipinski definition) is 3. The molecule has 0 bridgehead atoms. The molecule has 0 radical (unpaired) electrons. The normalized spacial score (nSPS) is 16.8. The van der Waals surface area contributed by atoms with Crippen molar-refractivity contribution in [3.63, 3.8) is 0 Å². The summed E-state index contributed by atoms with van der Waals surface area (Å²) in [4.78, 5) is 36.0. The number of carboxylic acid groups (broad SMARTS) is 1. The Balaban J connectivity index is 1.34. The van der Waals surface area contributed by atoms with Crippen molar-refractivity contribution in [2.45, 2.75) is 44.6 Å². The Morgan fingerprint density at radius 3 is 2.19 bits per heavy atom. The highest BCUT2D eigenvalue weighted by Gasteiger charge is 2.44. The highest BCUT2D eigenvalue weighted by atomic mass is 16.5. The molecular weight excluding hydrogens is 408 g/mol. The summed E-state index contributed by atoms with van der Waals surface area (Å²) in [6.07, 6.45) is 1.52. The zero-order valence-electron chi connectivity index (χ0n) is 18.1. The first-order valence-corrected chi connectivity index (χ1v) is 11.0. The van der Waals surface area contributed by atoms with Gasteiger partial charge in [-0.05, 0) is 42.0 Å². The average molecular weight is 437 g/mol. The van der Waals surface area contributed by atoms with Gasteiger partial charge >= 0.3 is 12.1 Å². The van der Waals surface area contributed by atoms with E-state index in [1.54, 1.807) is 6.92 Å². The zero-order valence-corrected chi connectivity index (χ0v) is 18.1. The van der Waals surface area contributed by atoms with Crippen molar-refractivity contribution >= 4 is 18.0 Å². The summed E-state index contributed by atoms with van der Waals surface area (Å²) in [5.41, 5.74) is 3.92. The SMILES string of the molecule is CC(CC(=O)O)NC(=O)C1(CNC(=O)OCC2c3ccccc3-c3ccccc32)CCC1. The quantitative estimate of drug-likeness (QED) is 0.586. The zero-order chi connectivity index (χ0) is 22.7. The Morgan fingerprint density at radius 1 is 1.06 bits per heavy atom.